The summed E-state index contributed by atoms with van der Waals surface area (Å²) in [4.78, 5) is 0. The second-order valence-electron chi connectivity index (χ2n) is 2.67. The summed E-state index contributed by atoms with van der Waals surface area (Å²) in [7, 11) is 0. The van der Waals surface area contributed by atoms with Crippen LogP contribution in [0, 0.1) is 0 Å². The lowest BCUT2D eigenvalue weighted by atomic mass is 10.1. The Balaban J connectivity index is 1.96. The molecule has 0 aromatic rings. The van der Waals surface area contributed by atoms with E-state index >= 15 is 0 Å². The molecular weight excluding hydrogens is 116 g/mol. The largest absolute Gasteiger partial charge is 0.362 e. The van der Waals surface area contributed by atoms with Gasteiger partial charge in [0.25, 0.3) is 0 Å². The van der Waals surface area contributed by atoms with Gasteiger partial charge in [-0.1, -0.05) is 0 Å². The second kappa shape index (κ2) is 2.25. The van der Waals surface area contributed by atoms with Crippen molar-refractivity contribution in [3.8, 4) is 0 Å². The van der Waals surface area contributed by atoms with Crippen molar-refractivity contribution in [2.45, 2.75) is 18.7 Å². The highest BCUT2D eigenvalue weighted by atomic mass is 16.5. The average molecular weight is 128 g/mol. The van der Waals surface area contributed by atoms with Crippen LogP contribution in [0.15, 0.2) is 0 Å². The van der Waals surface area contributed by atoms with Crippen molar-refractivity contribution in [1.29, 1.82) is 0 Å². The summed E-state index contributed by atoms with van der Waals surface area (Å²) in [5, 5.41) is 6.67. The van der Waals surface area contributed by atoms with E-state index in [0.717, 1.165) is 26.1 Å². The van der Waals surface area contributed by atoms with Crippen LogP contribution in [0.5, 0.6) is 0 Å². The molecule has 0 aromatic heterocycles. The quantitative estimate of drug-likeness (QED) is 0.452. The molecule has 0 aromatic carbocycles. The first-order valence-electron chi connectivity index (χ1n) is 3.53. The van der Waals surface area contributed by atoms with Crippen molar-refractivity contribution in [2.75, 3.05) is 19.7 Å². The molecule has 2 rings (SSSR count). The molecule has 2 heterocycles. The van der Waals surface area contributed by atoms with E-state index in [-0.39, 0.29) is 6.23 Å². The van der Waals surface area contributed by atoms with Crippen LogP contribution in [0.3, 0.4) is 0 Å². The van der Waals surface area contributed by atoms with Gasteiger partial charge in [-0.15, -0.1) is 0 Å². The van der Waals surface area contributed by atoms with Gasteiger partial charge in [0, 0.05) is 19.1 Å². The van der Waals surface area contributed by atoms with Crippen LogP contribution in [0.25, 0.3) is 0 Å². The SMILES string of the molecule is C1CC2CNCC(N2)O1. The van der Waals surface area contributed by atoms with Gasteiger partial charge in [-0.25, -0.2) is 0 Å². The zero-order chi connectivity index (χ0) is 6.10. The van der Waals surface area contributed by atoms with E-state index in [1.165, 1.54) is 0 Å². The standard InChI is InChI=1S/C6H12N2O/c1-2-9-6-4-7-3-5(1)8-6/h5-8H,1-4H2. The van der Waals surface area contributed by atoms with E-state index in [9.17, 15) is 0 Å². The number of hydrogen-bond donors (Lipinski definition) is 2. The molecule has 2 N–H and O–H groups in total. The van der Waals surface area contributed by atoms with Gasteiger partial charge < -0.3 is 10.1 Å². The fourth-order valence-corrected chi connectivity index (χ4v) is 1.41. The fraction of sp³-hybridized carbons (Fsp3) is 1.00. The van der Waals surface area contributed by atoms with Crippen LogP contribution in [-0.4, -0.2) is 32.0 Å². The molecule has 0 spiro atoms. The van der Waals surface area contributed by atoms with E-state index < -0.39 is 0 Å². The molecular formula is C6H12N2O. The van der Waals surface area contributed by atoms with E-state index in [2.05, 4.69) is 10.6 Å². The molecule has 3 heteroatoms. The molecule has 2 unspecified atom stereocenters. The Hall–Kier alpha value is -0.120. The Labute approximate surface area is 54.8 Å². The molecule has 2 saturated heterocycles. The third kappa shape index (κ3) is 1.08. The first-order valence-corrected chi connectivity index (χ1v) is 3.53. The van der Waals surface area contributed by atoms with Crippen LogP contribution in [0.2, 0.25) is 0 Å². The Morgan fingerprint density at radius 2 is 2.33 bits per heavy atom. The number of piperazine rings is 1. The van der Waals surface area contributed by atoms with Crippen LogP contribution < -0.4 is 10.6 Å². The predicted molar refractivity (Wildman–Crippen MR) is 34.2 cm³/mol. The molecule has 0 amide bonds. The lowest BCUT2D eigenvalue weighted by Crippen LogP contribution is -2.59. The van der Waals surface area contributed by atoms with Crippen LogP contribution in [0.4, 0.5) is 0 Å². The van der Waals surface area contributed by atoms with Crippen molar-refractivity contribution in [1.82, 2.24) is 10.6 Å². The lowest BCUT2D eigenvalue weighted by molar-refractivity contribution is -0.0325. The highest BCUT2D eigenvalue weighted by Gasteiger charge is 2.24. The van der Waals surface area contributed by atoms with Gasteiger partial charge in [0.1, 0.15) is 6.23 Å². The summed E-state index contributed by atoms with van der Waals surface area (Å²) < 4.78 is 5.38. The minimum absolute atomic E-state index is 0.289. The van der Waals surface area contributed by atoms with Gasteiger partial charge in [-0.05, 0) is 6.42 Å². The first-order chi connectivity index (χ1) is 4.45. The number of rotatable bonds is 0. The Morgan fingerprint density at radius 3 is 3.11 bits per heavy atom. The minimum Gasteiger partial charge on any atom is -0.362 e. The number of hydrogen-bond acceptors (Lipinski definition) is 3. The summed E-state index contributed by atoms with van der Waals surface area (Å²) in [6.07, 6.45) is 1.45. The zero-order valence-electron chi connectivity index (χ0n) is 5.39. The molecule has 0 radical (unpaired) electrons. The van der Waals surface area contributed by atoms with E-state index in [1.54, 1.807) is 0 Å². The maximum absolute atomic E-state index is 5.38. The van der Waals surface area contributed by atoms with Crippen molar-refractivity contribution in [3.05, 3.63) is 0 Å². The molecule has 2 fully saturated rings. The smallest absolute Gasteiger partial charge is 0.120 e. The maximum atomic E-state index is 5.38. The van der Waals surface area contributed by atoms with E-state index in [4.69, 9.17) is 4.74 Å². The molecule has 0 saturated carbocycles. The van der Waals surface area contributed by atoms with Gasteiger partial charge in [-0.2, -0.15) is 0 Å². The third-order valence-corrected chi connectivity index (χ3v) is 1.93. The molecule has 52 valence electrons. The van der Waals surface area contributed by atoms with Crippen LogP contribution in [0.1, 0.15) is 6.42 Å². The van der Waals surface area contributed by atoms with Gasteiger partial charge in [-0.3, -0.25) is 5.32 Å². The molecule has 9 heavy (non-hydrogen) atoms. The summed E-state index contributed by atoms with van der Waals surface area (Å²) in [5.41, 5.74) is 0. The molecule has 2 atom stereocenters. The summed E-state index contributed by atoms with van der Waals surface area (Å²) in [5.74, 6) is 0. The van der Waals surface area contributed by atoms with Crippen molar-refractivity contribution in [2.24, 2.45) is 0 Å². The average Bonchev–Trinajstić information content (AvgIpc) is 1.88. The molecule has 2 aliphatic heterocycles. The molecule has 3 nitrogen and oxygen atoms in total. The summed E-state index contributed by atoms with van der Waals surface area (Å²) in [6.45, 7) is 3.01. The fourth-order valence-electron chi connectivity index (χ4n) is 1.41. The van der Waals surface area contributed by atoms with Crippen molar-refractivity contribution < 1.29 is 4.74 Å². The minimum atomic E-state index is 0.289. The lowest BCUT2D eigenvalue weighted by Gasteiger charge is -2.36. The molecule has 2 bridgehead atoms. The molecule has 0 aliphatic carbocycles. The highest BCUT2D eigenvalue weighted by molar-refractivity contribution is 4.81. The summed E-state index contributed by atoms with van der Waals surface area (Å²) in [6, 6.07) is 0.664. The first kappa shape index (κ1) is 5.65. The monoisotopic (exact) mass is 128 g/mol. The predicted octanol–water partition coefficient (Wildman–Crippen LogP) is -0.706. The van der Waals surface area contributed by atoms with Gasteiger partial charge in [0.05, 0.1) is 6.61 Å². The highest BCUT2D eigenvalue weighted by Crippen LogP contribution is 2.06. The van der Waals surface area contributed by atoms with Gasteiger partial charge >= 0.3 is 0 Å². The maximum Gasteiger partial charge on any atom is 0.120 e. The van der Waals surface area contributed by atoms with Crippen molar-refractivity contribution in [3.63, 3.8) is 0 Å². The Bertz CT molecular complexity index is 87.2. The zero-order valence-corrected chi connectivity index (χ0v) is 5.39. The third-order valence-electron chi connectivity index (χ3n) is 1.93. The molecule has 2 aliphatic rings. The van der Waals surface area contributed by atoms with Crippen molar-refractivity contribution >= 4 is 0 Å². The van der Waals surface area contributed by atoms with Crippen LogP contribution >= 0.6 is 0 Å². The summed E-state index contributed by atoms with van der Waals surface area (Å²) >= 11 is 0. The number of ether oxygens (including phenoxy) is 1. The Morgan fingerprint density at radius 1 is 1.33 bits per heavy atom. The Kier molecular flexibility index (Phi) is 1.41. The topological polar surface area (TPSA) is 33.3 Å². The second-order valence-corrected chi connectivity index (χ2v) is 2.67. The van der Waals surface area contributed by atoms with Gasteiger partial charge in [0.15, 0.2) is 0 Å². The van der Waals surface area contributed by atoms with E-state index in [1.807, 2.05) is 0 Å². The number of fused-ring (bicyclic) bond motifs is 2. The normalized spacial score (nSPS) is 42.7. The van der Waals surface area contributed by atoms with E-state index in [0.29, 0.717) is 6.04 Å². The number of nitrogens with one attached hydrogen (secondary N) is 2. The van der Waals surface area contributed by atoms with Gasteiger partial charge in [0.2, 0.25) is 0 Å². The van der Waals surface area contributed by atoms with Crippen LogP contribution in [-0.2, 0) is 4.74 Å².